The molecule has 0 unspecified atom stereocenters. The molecule has 0 aliphatic heterocycles. The Morgan fingerprint density at radius 2 is 2.20 bits per heavy atom. The van der Waals surface area contributed by atoms with Gasteiger partial charge in [0.2, 0.25) is 5.88 Å². The van der Waals surface area contributed by atoms with Gasteiger partial charge in [-0.05, 0) is 18.6 Å². The van der Waals surface area contributed by atoms with Gasteiger partial charge >= 0.3 is 0 Å². The van der Waals surface area contributed by atoms with E-state index in [1.54, 1.807) is 13.2 Å². The number of hydrogen-bond acceptors (Lipinski definition) is 4. The number of nitrogens with two attached hydrogens (primary N) is 1. The summed E-state index contributed by atoms with van der Waals surface area (Å²) in [5, 5.41) is 3.88. The van der Waals surface area contributed by atoms with Crippen molar-refractivity contribution in [2.24, 2.45) is 0 Å². The number of ether oxygens (including phenoxy) is 1. The lowest BCUT2D eigenvalue weighted by atomic mass is 10.0. The Morgan fingerprint density at radius 1 is 1.40 bits per heavy atom. The summed E-state index contributed by atoms with van der Waals surface area (Å²) in [6, 6.07) is 7.49. The zero-order valence-electron chi connectivity index (χ0n) is 8.65. The molecule has 4 nitrogen and oxygen atoms in total. The molecule has 0 spiro atoms. The van der Waals surface area contributed by atoms with E-state index < -0.39 is 0 Å². The fraction of sp³-hybridized carbons (Fsp3) is 0.182. The third-order valence-electron chi connectivity index (χ3n) is 2.24. The number of hydrogen-bond donors (Lipinski definition) is 1. The standard InChI is InChI=1S/C11H12N2O2/c1-7-4-3-5-9(14-2)11(7)8-6-10(12)15-13-8/h3-6H,12H2,1-2H3. The Hall–Kier alpha value is -1.97. The number of nitrogen functional groups attached to an aromatic ring is 1. The van der Waals surface area contributed by atoms with Crippen molar-refractivity contribution in [3.8, 4) is 17.0 Å². The van der Waals surface area contributed by atoms with Gasteiger partial charge in [0.05, 0.1) is 7.11 Å². The maximum Gasteiger partial charge on any atom is 0.222 e. The van der Waals surface area contributed by atoms with E-state index in [0.717, 1.165) is 16.9 Å². The van der Waals surface area contributed by atoms with Gasteiger partial charge in [-0.2, -0.15) is 0 Å². The van der Waals surface area contributed by atoms with Gasteiger partial charge in [-0.15, -0.1) is 0 Å². The van der Waals surface area contributed by atoms with Crippen molar-refractivity contribution in [3.63, 3.8) is 0 Å². The molecule has 78 valence electrons. The van der Waals surface area contributed by atoms with Crippen LogP contribution in [-0.4, -0.2) is 12.3 Å². The van der Waals surface area contributed by atoms with Crippen molar-refractivity contribution in [1.29, 1.82) is 0 Å². The minimum Gasteiger partial charge on any atom is -0.496 e. The molecule has 2 N–H and O–H groups in total. The molecule has 1 aromatic carbocycles. The molecule has 4 heteroatoms. The first-order valence-electron chi connectivity index (χ1n) is 4.58. The fourth-order valence-corrected chi connectivity index (χ4v) is 1.55. The van der Waals surface area contributed by atoms with E-state index in [1.807, 2.05) is 25.1 Å². The summed E-state index contributed by atoms with van der Waals surface area (Å²) < 4.78 is 10.1. The summed E-state index contributed by atoms with van der Waals surface area (Å²) in [4.78, 5) is 0. The Morgan fingerprint density at radius 3 is 2.80 bits per heavy atom. The topological polar surface area (TPSA) is 61.3 Å². The van der Waals surface area contributed by atoms with E-state index >= 15 is 0 Å². The molecular formula is C11H12N2O2. The van der Waals surface area contributed by atoms with Gasteiger partial charge in [-0.1, -0.05) is 17.3 Å². The number of aromatic nitrogens is 1. The molecule has 0 aliphatic rings. The summed E-state index contributed by atoms with van der Waals surface area (Å²) in [6.45, 7) is 1.99. The van der Waals surface area contributed by atoms with Crippen LogP contribution in [0, 0.1) is 6.92 Å². The second-order valence-electron chi connectivity index (χ2n) is 3.27. The molecule has 0 saturated heterocycles. The van der Waals surface area contributed by atoms with Gasteiger partial charge < -0.3 is 15.0 Å². The zero-order chi connectivity index (χ0) is 10.8. The number of methoxy groups -OCH3 is 1. The summed E-state index contributed by atoms with van der Waals surface area (Å²) in [5.74, 6) is 1.07. The van der Waals surface area contributed by atoms with Crippen LogP contribution < -0.4 is 10.5 Å². The molecule has 15 heavy (non-hydrogen) atoms. The Kier molecular flexibility index (Phi) is 2.33. The fourth-order valence-electron chi connectivity index (χ4n) is 1.55. The molecule has 0 radical (unpaired) electrons. The second-order valence-corrected chi connectivity index (χ2v) is 3.27. The third kappa shape index (κ3) is 1.66. The van der Waals surface area contributed by atoms with E-state index in [-0.39, 0.29) is 0 Å². The molecule has 2 rings (SSSR count). The average Bonchev–Trinajstić information content (AvgIpc) is 2.64. The quantitative estimate of drug-likeness (QED) is 0.814. The lowest BCUT2D eigenvalue weighted by molar-refractivity contribution is 0.413. The van der Waals surface area contributed by atoms with E-state index in [1.165, 1.54) is 0 Å². The number of benzene rings is 1. The predicted molar refractivity (Wildman–Crippen MR) is 57.6 cm³/mol. The first-order chi connectivity index (χ1) is 7.22. The van der Waals surface area contributed by atoms with Crippen molar-refractivity contribution in [2.75, 3.05) is 12.8 Å². The maximum absolute atomic E-state index is 5.49. The lowest BCUT2D eigenvalue weighted by Gasteiger charge is -2.07. The van der Waals surface area contributed by atoms with E-state index in [9.17, 15) is 0 Å². The third-order valence-corrected chi connectivity index (χ3v) is 2.24. The van der Waals surface area contributed by atoms with Crippen molar-refractivity contribution in [3.05, 3.63) is 29.8 Å². The highest BCUT2D eigenvalue weighted by Crippen LogP contribution is 2.32. The van der Waals surface area contributed by atoms with Crippen molar-refractivity contribution >= 4 is 5.88 Å². The van der Waals surface area contributed by atoms with Crippen LogP contribution in [0.25, 0.3) is 11.3 Å². The molecule has 1 heterocycles. The molecule has 0 saturated carbocycles. The van der Waals surface area contributed by atoms with E-state index in [4.69, 9.17) is 15.0 Å². The van der Waals surface area contributed by atoms with Crippen LogP contribution in [0.1, 0.15) is 5.56 Å². The van der Waals surface area contributed by atoms with E-state index in [2.05, 4.69) is 5.16 Å². The number of rotatable bonds is 2. The lowest BCUT2D eigenvalue weighted by Crippen LogP contribution is -1.90. The first-order valence-corrected chi connectivity index (χ1v) is 4.58. The van der Waals surface area contributed by atoms with Crippen LogP contribution in [0.2, 0.25) is 0 Å². The van der Waals surface area contributed by atoms with Gasteiger partial charge in [0.25, 0.3) is 0 Å². The van der Waals surface area contributed by atoms with Crippen molar-refractivity contribution in [2.45, 2.75) is 6.92 Å². The monoisotopic (exact) mass is 204 g/mol. The summed E-state index contributed by atoms with van der Waals surface area (Å²) in [5.41, 5.74) is 8.17. The second kappa shape index (κ2) is 3.65. The zero-order valence-corrected chi connectivity index (χ0v) is 8.65. The number of anilines is 1. The molecule has 0 bridgehead atoms. The average molecular weight is 204 g/mol. The van der Waals surface area contributed by atoms with Crippen LogP contribution in [0.3, 0.4) is 0 Å². The SMILES string of the molecule is COc1cccc(C)c1-c1cc(N)on1. The van der Waals surface area contributed by atoms with Crippen LogP contribution in [-0.2, 0) is 0 Å². The summed E-state index contributed by atoms with van der Waals surface area (Å²) >= 11 is 0. The van der Waals surface area contributed by atoms with Gasteiger partial charge in [0, 0.05) is 11.6 Å². The summed E-state index contributed by atoms with van der Waals surface area (Å²) in [7, 11) is 1.63. The predicted octanol–water partition coefficient (Wildman–Crippen LogP) is 2.24. The Balaban J connectivity index is 2.60. The van der Waals surface area contributed by atoms with Crippen LogP contribution in [0.15, 0.2) is 28.8 Å². The Bertz CT molecular complexity index is 477. The highest BCUT2D eigenvalue weighted by molar-refractivity contribution is 5.71. The first kappa shape index (κ1) is 9.58. The minimum atomic E-state index is 0.301. The maximum atomic E-state index is 5.49. The van der Waals surface area contributed by atoms with Crippen LogP contribution >= 0.6 is 0 Å². The van der Waals surface area contributed by atoms with Crippen molar-refractivity contribution < 1.29 is 9.26 Å². The molecule has 0 atom stereocenters. The van der Waals surface area contributed by atoms with Gasteiger partial charge in [0.15, 0.2) is 0 Å². The van der Waals surface area contributed by atoms with Crippen LogP contribution in [0.5, 0.6) is 5.75 Å². The van der Waals surface area contributed by atoms with Crippen molar-refractivity contribution in [1.82, 2.24) is 5.16 Å². The molecule has 0 fully saturated rings. The molecule has 0 amide bonds. The molecule has 2 aromatic rings. The highest BCUT2D eigenvalue weighted by atomic mass is 16.5. The smallest absolute Gasteiger partial charge is 0.222 e. The van der Waals surface area contributed by atoms with Gasteiger partial charge in [0.1, 0.15) is 11.4 Å². The number of aryl methyl sites for hydroxylation is 1. The minimum absolute atomic E-state index is 0.301. The number of nitrogens with zero attached hydrogens (tertiary/aromatic N) is 1. The normalized spacial score (nSPS) is 10.3. The molecule has 1 aromatic heterocycles. The highest BCUT2D eigenvalue weighted by Gasteiger charge is 2.12. The van der Waals surface area contributed by atoms with Gasteiger partial charge in [-0.25, -0.2) is 0 Å². The largest absolute Gasteiger partial charge is 0.496 e. The van der Waals surface area contributed by atoms with E-state index in [0.29, 0.717) is 11.6 Å². The summed E-state index contributed by atoms with van der Waals surface area (Å²) in [6.07, 6.45) is 0. The van der Waals surface area contributed by atoms with Crippen LogP contribution in [0.4, 0.5) is 5.88 Å². The Labute approximate surface area is 87.6 Å². The molecule has 0 aliphatic carbocycles. The molecular weight excluding hydrogens is 192 g/mol. The van der Waals surface area contributed by atoms with Gasteiger partial charge in [-0.3, -0.25) is 0 Å².